The number of nitrogens with one attached hydrogen (secondary N) is 1. The maximum atomic E-state index is 12.8. The Morgan fingerprint density at radius 1 is 1.14 bits per heavy atom. The van der Waals surface area contributed by atoms with Crippen molar-refractivity contribution in [2.75, 3.05) is 23.4 Å². The van der Waals surface area contributed by atoms with Gasteiger partial charge in [0, 0.05) is 23.9 Å². The number of hydrogen-bond donors (Lipinski definition) is 1. The van der Waals surface area contributed by atoms with Gasteiger partial charge < -0.3 is 19.7 Å². The molecular weight excluding hydrogens is 450 g/mol. The van der Waals surface area contributed by atoms with Gasteiger partial charge in [0.25, 0.3) is 11.6 Å². The summed E-state index contributed by atoms with van der Waals surface area (Å²) in [5.74, 6) is 0.660. The molecular formula is C26H23N3O6. The lowest BCUT2D eigenvalue weighted by molar-refractivity contribution is -0.384. The van der Waals surface area contributed by atoms with E-state index in [0.717, 1.165) is 0 Å². The number of hydrogen-bond acceptors (Lipinski definition) is 6. The number of benzene rings is 3. The van der Waals surface area contributed by atoms with Gasteiger partial charge in [0.05, 0.1) is 17.2 Å². The summed E-state index contributed by atoms with van der Waals surface area (Å²) >= 11 is 0. The van der Waals surface area contributed by atoms with E-state index in [1.807, 2.05) is 30.3 Å². The number of rotatable bonds is 8. The summed E-state index contributed by atoms with van der Waals surface area (Å²) in [5.41, 5.74) is 1.66. The van der Waals surface area contributed by atoms with E-state index in [1.165, 1.54) is 18.2 Å². The molecule has 1 aliphatic heterocycles. The molecule has 1 aliphatic rings. The third-order valence-corrected chi connectivity index (χ3v) is 5.29. The molecule has 0 aliphatic carbocycles. The number of amides is 2. The molecule has 35 heavy (non-hydrogen) atoms. The van der Waals surface area contributed by atoms with Gasteiger partial charge in [0.15, 0.2) is 6.10 Å². The predicted octanol–water partition coefficient (Wildman–Crippen LogP) is 4.44. The van der Waals surface area contributed by atoms with Gasteiger partial charge in [0.2, 0.25) is 5.91 Å². The zero-order chi connectivity index (χ0) is 24.8. The molecule has 0 radical (unpaired) electrons. The highest BCUT2D eigenvalue weighted by molar-refractivity contribution is 6.04. The minimum Gasteiger partial charge on any atom is -0.492 e. The van der Waals surface area contributed by atoms with Crippen LogP contribution in [0.4, 0.5) is 17.1 Å². The first-order chi connectivity index (χ1) is 16.9. The summed E-state index contributed by atoms with van der Waals surface area (Å²) in [7, 11) is 0. The van der Waals surface area contributed by atoms with E-state index in [-0.39, 0.29) is 18.2 Å². The molecule has 0 saturated carbocycles. The van der Waals surface area contributed by atoms with Crippen molar-refractivity contribution in [1.82, 2.24) is 0 Å². The molecule has 4 rings (SSSR count). The molecule has 0 aromatic heterocycles. The second-order valence-electron chi connectivity index (χ2n) is 7.77. The van der Waals surface area contributed by atoms with Crippen LogP contribution in [0.25, 0.3) is 6.08 Å². The summed E-state index contributed by atoms with van der Waals surface area (Å²) in [4.78, 5) is 37.1. The van der Waals surface area contributed by atoms with Crippen LogP contribution in [0.1, 0.15) is 12.5 Å². The van der Waals surface area contributed by atoms with Crippen molar-refractivity contribution in [2.45, 2.75) is 13.0 Å². The number of nitrogens with zero attached hydrogens (tertiary/aromatic N) is 2. The van der Waals surface area contributed by atoms with Crippen molar-refractivity contribution < 1.29 is 24.0 Å². The van der Waals surface area contributed by atoms with E-state index in [4.69, 9.17) is 9.47 Å². The molecule has 3 aromatic carbocycles. The van der Waals surface area contributed by atoms with E-state index in [9.17, 15) is 19.7 Å². The molecule has 9 nitrogen and oxygen atoms in total. The van der Waals surface area contributed by atoms with Crippen molar-refractivity contribution in [3.8, 4) is 11.5 Å². The second-order valence-corrected chi connectivity index (χ2v) is 7.77. The molecule has 1 heterocycles. The molecule has 3 aromatic rings. The van der Waals surface area contributed by atoms with Crippen molar-refractivity contribution >= 4 is 35.0 Å². The molecule has 1 atom stereocenters. The van der Waals surface area contributed by atoms with E-state index >= 15 is 0 Å². The Labute approximate surface area is 201 Å². The average Bonchev–Trinajstić information content (AvgIpc) is 2.86. The highest BCUT2D eigenvalue weighted by Crippen LogP contribution is 2.36. The minimum atomic E-state index is -0.635. The van der Waals surface area contributed by atoms with Crippen LogP contribution < -0.4 is 19.7 Å². The van der Waals surface area contributed by atoms with Gasteiger partial charge in [-0.25, -0.2) is 0 Å². The number of fused-ring (bicyclic) bond motifs is 1. The maximum Gasteiger partial charge on any atom is 0.269 e. The highest BCUT2D eigenvalue weighted by Gasteiger charge is 2.31. The van der Waals surface area contributed by atoms with Gasteiger partial charge in [-0.2, -0.15) is 0 Å². The lowest BCUT2D eigenvalue weighted by Crippen LogP contribution is -2.46. The fourth-order valence-corrected chi connectivity index (χ4v) is 3.55. The van der Waals surface area contributed by atoms with Crippen molar-refractivity contribution in [3.05, 3.63) is 94.6 Å². The number of carbonyl (C=O) groups is 2. The number of nitro groups is 1. The van der Waals surface area contributed by atoms with Crippen LogP contribution in [0.5, 0.6) is 11.5 Å². The summed E-state index contributed by atoms with van der Waals surface area (Å²) < 4.78 is 11.5. The molecule has 0 spiro atoms. The largest absolute Gasteiger partial charge is 0.492 e. The number of para-hydroxylation sites is 1. The zero-order valence-corrected chi connectivity index (χ0v) is 18.9. The molecule has 0 bridgehead atoms. The summed E-state index contributed by atoms with van der Waals surface area (Å²) in [5, 5.41) is 13.5. The van der Waals surface area contributed by atoms with Crippen LogP contribution in [0.3, 0.4) is 0 Å². The number of anilines is 2. The van der Waals surface area contributed by atoms with Crippen LogP contribution in [0, 0.1) is 10.1 Å². The van der Waals surface area contributed by atoms with Crippen LogP contribution >= 0.6 is 0 Å². The topological polar surface area (TPSA) is 111 Å². The Hall–Kier alpha value is -4.66. The Bertz CT molecular complexity index is 1260. The first kappa shape index (κ1) is 23.5. The lowest BCUT2D eigenvalue weighted by Gasteiger charge is -2.33. The van der Waals surface area contributed by atoms with E-state index in [0.29, 0.717) is 35.0 Å². The summed E-state index contributed by atoms with van der Waals surface area (Å²) in [6.45, 7) is 2.29. The van der Waals surface area contributed by atoms with Gasteiger partial charge >= 0.3 is 0 Å². The average molecular weight is 473 g/mol. The van der Waals surface area contributed by atoms with Crippen molar-refractivity contribution in [3.63, 3.8) is 0 Å². The number of nitro benzene ring substituents is 1. The van der Waals surface area contributed by atoms with Crippen LogP contribution in [0.15, 0.2) is 78.9 Å². The Kier molecular flexibility index (Phi) is 7.06. The third kappa shape index (κ3) is 5.83. The number of non-ortho nitro benzene ring substituents is 1. The quantitative estimate of drug-likeness (QED) is 0.294. The first-order valence-electron chi connectivity index (χ1n) is 10.9. The molecule has 1 N–H and O–H groups in total. The van der Waals surface area contributed by atoms with Gasteiger partial charge in [-0.05, 0) is 61.0 Å². The first-order valence-corrected chi connectivity index (χ1v) is 10.9. The summed E-state index contributed by atoms with van der Waals surface area (Å²) in [6, 6.07) is 20.3. The van der Waals surface area contributed by atoms with Gasteiger partial charge in [-0.1, -0.05) is 18.2 Å². The van der Waals surface area contributed by atoms with Crippen molar-refractivity contribution in [1.29, 1.82) is 0 Å². The van der Waals surface area contributed by atoms with E-state index < -0.39 is 16.9 Å². The number of carbonyl (C=O) groups excluding carboxylic acids is 2. The normalized spacial score (nSPS) is 14.8. The SMILES string of the molecule is CC1Oc2ccc(NC(=O)/C=C/c3ccc([N+](=O)[O-])cc3)cc2N(CCOc2ccccc2)C1=O. The molecule has 178 valence electrons. The smallest absolute Gasteiger partial charge is 0.269 e. The second kappa shape index (κ2) is 10.5. The molecule has 0 fully saturated rings. The number of ether oxygens (including phenoxy) is 2. The van der Waals surface area contributed by atoms with Crippen LogP contribution in [-0.4, -0.2) is 36.0 Å². The van der Waals surface area contributed by atoms with E-state index in [2.05, 4.69) is 5.32 Å². The van der Waals surface area contributed by atoms with Gasteiger partial charge in [-0.15, -0.1) is 0 Å². The highest BCUT2D eigenvalue weighted by atomic mass is 16.6. The lowest BCUT2D eigenvalue weighted by atomic mass is 10.1. The van der Waals surface area contributed by atoms with Crippen molar-refractivity contribution in [2.24, 2.45) is 0 Å². The third-order valence-electron chi connectivity index (χ3n) is 5.29. The predicted molar refractivity (Wildman–Crippen MR) is 132 cm³/mol. The van der Waals surface area contributed by atoms with Gasteiger partial charge in [0.1, 0.15) is 18.1 Å². The Morgan fingerprint density at radius 2 is 1.89 bits per heavy atom. The fourth-order valence-electron chi connectivity index (χ4n) is 3.55. The monoisotopic (exact) mass is 473 g/mol. The van der Waals surface area contributed by atoms with Crippen LogP contribution in [0.2, 0.25) is 0 Å². The van der Waals surface area contributed by atoms with Gasteiger partial charge in [-0.3, -0.25) is 19.7 Å². The maximum absolute atomic E-state index is 12.8. The fraction of sp³-hybridized carbons (Fsp3) is 0.154. The minimum absolute atomic E-state index is 0.0227. The zero-order valence-electron chi connectivity index (χ0n) is 18.9. The standard InChI is InChI=1S/C26H23N3O6/c1-18-26(31)28(15-16-34-22-5-3-2-4-6-22)23-17-20(10-13-24(23)35-18)27-25(30)14-9-19-7-11-21(12-8-19)29(32)33/h2-14,17-18H,15-16H2,1H3,(H,27,30)/b14-9+. The molecule has 2 amide bonds. The molecule has 0 saturated heterocycles. The molecule has 1 unspecified atom stereocenters. The Balaban J connectivity index is 1.44. The summed E-state index contributed by atoms with van der Waals surface area (Å²) in [6.07, 6.45) is 2.25. The molecule has 9 heteroatoms. The van der Waals surface area contributed by atoms with E-state index in [1.54, 1.807) is 48.2 Å². The Morgan fingerprint density at radius 3 is 2.60 bits per heavy atom. The van der Waals surface area contributed by atoms with Crippen LogP contribution in [-0.2, 0) is 9.59 Å².